The SMILES string of the molecule is COc1ccc(C2CC(=O)C(c3ccc(C(N)=O)cc3)=CN2Cc2ccccc2)cc1. The van der Waals surface area contributed by atoms with Gasteiger partial charge in [0.05, 0.1) is 13.2 Å². The van der Waals surface area contributed by atoms with Crippen LogP contribution in [0.25, 0.3) is 5.57 Å². The van der Waals surface area contributed by atoms with E-state index >= 15 is 0 Å². The molecule has 0 aliphatic carbocycles. The highest BCUT2D eigenvalue weighted by atomic mass is 16.5. The lowest BCUT2D eigenvalue weighted by Gasteiger charge is -2.35. The van der Waals surface area contributed by atoms with Crippen LogP contribution in [-0.4, -0.2) is 23.7 Å². The van der Waals surface area contributed by atoms with Crippen LogP contribution in [0, 0.1) is 0 Å². The highest BCUT2D eigenvalue weighted by Gasteiger charge is 2.29. The van der Waals surface area contributed by atoms with Gasteiger partial charge in [0.1, 0.15) is 5.75 Å². The van der Waals surface area contributed by atoms with Crippen molar-refractivity contribution in [1.29, 1.82) is 0 Å². The predicted molar refractivity (Wildman–Crippen MR) is 120 cm³/mol. The molecule has 1 unspecified atom stereocenters. The van der Waals surface area contributed by atoms with Crippen LogP contribution in [0.5, 0.6) is 5.75 Å². The Morgan fingerprint density at radius 1 is 1.00 bits per heavy atom. The van der Waals surface area contributed by atoms with Crippen LogP contribution in [0.1, 0.15) is 39.5 Å². The third-order valence-corrected chi connectivity index (χ3v) is 5.56. The molecule has 0 saturated carbocycles. The number of hydrogen-bond acceptors (Lipinski definition) is 4. The Balaban J connectivity index is 1.71. The number of nitrogens with two attached hydrogens (primary N) is 1. The van der Waals surface area contributed by atoms with E-state index in [0.717, 1.165) is 22.4 Å². The highest BCUT2D eigenvalue weighted by Crippen LogP contribution is 2.36. The zero-order valence-electron chi connectivity index (χ0n) is 17.3. The number of hydrogen-bond donors (Lipinski definition) is 1. The van der Waals surface area contributed by atoms with Crippen LogP contribution >= 0.6 is 0 Å². The van der Waals surface area contributed by atoms with Gasteiger partial charge in [-0.3, -0.25) is 9.59 Å². The largest absolute Gasteiger partial charge is 0.497 e. The number of benzene rings is 3. The van der Waals surface area contributed by atoms with E-state index in [2.05, 4.69) is 17.0 Å². The lowest BCUT2D eigenvalue weighted by molar-refractivity contribution is -0.115. The predicted octanol–water partition coefficient (Wildman–Crippen LogP) is 4.35. The molecule has 1 aliphatic heterocycles. The molecule has 1 aliphatic rings. The fourth-order valence-electron chi connectivity index (χ4n) is 3.87. The van der Waals surface area contributed by atoms with Crippen LogP contribution in [0.3, 0.4) is 0 Å². The van der Waals surface area contributed by atoms with Gasteiger partial charge in [-0.1, -0.05) is 54.6 Å². The molecule has 0 spiro atoms. The molecular formula is C26H24N2O3. The van der Waals surface area contributed by atoms with E-state index in [9.17, 15) is 9.59 Å². The summed E-state index contributed by atoms with van der Waals surface area (Å²) in [5.41, 5.74) is 9.40. The van der Waals surface area contributed by atoms with Crippen molar-refractivity contribution >= 4 is 17.3 Å². The standard InChI is InChI=1S/C26H24N2O3/c1-31-22-13-11-20(12-14-22)24-15-25(29)23(19-7-9-21(10-8-19)26(27)30)17-28(24)16-18-5-3-2-4-6-18/h2-14,17,24H,15-16H2,1H3,(H2,27,30). The molecule has 31 heavy (non-hydrogen) atoms. The van der Waals surface area contributed by atoms with Crippen LogP contribution in [0.4, 0.5) is 0 Å². The van der Waals surface area contributed by atoms with Crippen molar-refractivity contribution in [2.75, 3.05) is 7.11 Å². The fraction of sp³-hybridized carbons (Fsp3) is 0.154. The van der Waals surface area contributed by atoms with Crippen molar-refractivity contribution < 1.29 is 14.3 Å². The lowest BCUT2D eigenvalue weighted by atomic mass is 9.89. The number of carbonyl (C=O) groups is 2. The number of nitrogens with zero attached hydrogens (tertiary/aromatic N) is 1. The maximum Gasteiger partial charge on any atom is 0.248 e. The molecular weight excluding hydrogens is 388 g/mol. The first kappa shape index (κ1) is 20.4. The van der Waals surface area contributed by atoms with E-state index in [1.807, 2.05) is 48.7 Å². The number of primary amides is 1. The fourth-order valence-corrected chi connectivity index (χ4v) is 3.87. The summed E-state index contributed by atoms with van der Waals surface area (Å²) < 4.78 is 5.28. The van der Waals surface area contributed by atoms with Gasteiger partial charge in [-0.15, -0.1) is 0 Å². The smallest absolute Gasteiger partial charge is 0.248 e. The second-order valence-electron chi connectivity index (χ2n) is 7.56. The molecule has 5 heteroatoms. The van der Waals surface area contributed by atoms with Gasteiger partial charge < -0.3 is 15.4 Å². The Bertz CT molecular complexity index is 1100. The third kappa shape index (κ3) is 4.51. The minimum Gasteiger partial charge on any atom is -0.497 e. The summed E-state index contributed by atoms with van der Waals surface area (Å²) in [6.45, 7) is 0.674. The molecule has 0 saturated heterocycles. The summed E-state index contributed by atoms with van der Waals surface area (Å²) in [7, 11) is 1.64. The van der Waals surface area contributed by atoms with Crippen molar-refractivity contribution in [2.45, 2.75) is 19.0 Å². The monoisotopic (exact) mass is 412 g/mol. The first-order valence-corrected chi connectivity index (χ1v) is 10.1. The maximum atomic E-state index is 13.1. The van der Waals surface area contributed by atoms with Crippen LogP contribution in [-0.2, 0) is 11.3 Å². The minimum absolute atomic E-state index is 0.0666. The Labute approximate surface area is 181 Å². The van der Waals surface area contributed by atoms with E-state index in [0.29, 0.717) is 24.1 Å². The van der Waals surface area contributed by atoms with E-state index in [-0.39, 0.29) is 11.8 Å². The van der Waals surface area contributed by atoms with Gasteiger partial charge in [-0.2, -0.15) is 0 Å². The van der Waals surface area contributed by atoms with Crippen LogP contribution < -0.4 is 10.5 Å². The zero-order valence-corrected chi connectivity index (χ0v) is 17.3. The van der Waals surface area contributed by atoms with Gasteiger partial charge in [0, 0.05) is 30.3 Å². The summed E-state index contributed by atoms with van der Waals surface area (Å²) in [4.78, 5) is 26.7. The third-order valence-electron chi connectivity index (χ3n) is 5.56. The number of amides is 1. The summed E-state index contributed by atoms with van der Waals surface area (Å²) >= 11 is 0. The average molecular weight is 412 g/mol. The molecule has 0 aromatic heterocycles. The molecule has 3 aromatic carbocycles. The van der Waals surface area contributed by atoms with E-state index in [1.165, 1.54) is 0 Å². The average Bonchev–Trinajstić information content (AvgIpc) is 2.81. The molecule has 4 rings (SSSR count). The summed E-state index contributed by atoms with van der Waals surface area (Å²) in [6, 6.07) is 24.8. The van der Waals surface area contributed by atoms with Gasteiger partial charge in [-0.25, -0.2) is 0 Å². The Morgan fingerprint density at radius 2 is 1.68 bits per heavy atom. The molecule has 156 valence electrons. The molecule has 5 nitrogen and oxygen atoms in total. The normalized spacial score (nSPS) is 16.0. The second-order valence-corrected chi connectivity index (χ2v) is 7.56. The molecule has 1 heterocycles. The second kappa shape index (κ2) is 8.88. The Kier molecular flexibility index (Phi) is 5.85. The number of ether oxygens (including phenoxy) is 1. The molecule has 3 aromatic rings. The molecule has 0 radical (unpaired) electrons. The number of rotatable bonds is 6. The first-order valence-electron chi connectivity index (χ1n) is 10.1. The Hall–Kier alpha value is -3.86. The quantitative estimate of drug-likeness (QED) is 0.653. The van der Waals surface area contributed by atoms with Crippen LogP contribution in [0.15, 0.2) is 85.1 Å². The highest BCUT2D eigenvalue weighted by molar-refractivity contribution is 6.21. The van der Waals surface area contributed by atoms with Gasteiger partial charge in [-0.05, 0) is 41.0 Å². The number of ketones is 1. The molecule has 0 fully saturated rings. The summed E-state index contributed by atoms with van der Waals surface area (Å²) in [5, 5.41) is 0. The minimum atomic E-state index is -0.485. The lowest BCUT2D eigenvalue weighted by Crippen LogP contribution is -2.30. The number of methoxy groups -OCH3 is 1. The van der Waals surface area contributed by atoms with E-state index < -0.39 is 5.91 Å². The number of Topliss-reactive ketones (excluding diaryl/α,β-unsaturated/α-hetero) is 1. The van der Waals surface area contributed by atoms with E-state index in [4.69, 9.17) is 10.5 Å². The van der Waals surface area contributed by atoms with Crippen molar-refractivity contribution in [1.82, 2.24) is 4.90 Å². The molecule has 2 N–H and O–H groups in total. The molecule has 0 bridgehead atoms. The Morgan fingerprint density at radius 3 is 2.29 bits per heavy atom. The van der Waals surface area contributed by atoms with Crippen molar-refractivity contribution in [3.8, 4) is 5.75 Å². The topological polar surface area (TPSA) is 72.6 Å². The summed E-state index contributed by atoms with van der Waals surface area (Å²) in [5.74, 6) is 0.365. The van der Waals surface area contributed by atoms with Crippen molar-refractivity contribution in [3.63, 3.8) is 0 Å². The number of carbonyl (C=O) groups excluding carboxylic acids is 2. The summed E-state index contributed by atoms with van der Waals surface area (Å²) in [6.07, 6.45) is 2.30. The molecule has 1 atom stereocenters. The van der Waals surface area contributed by atoms with Gasteiger partial charge >= 0.3 is 0 Å². The molecule has 1 amide bonds. The van der Waals surface area contributed by atoms with Gasteiger partial charge in [0.15, 0.2) is 5.78 Å². The zero-order chi connectivity index (χ0) is 21.8. The number of allylic oxidation sites excluding steroid dienone is 1. The van der Waals surface area contributed by atoms with Gasteiger partial charge in [0.25, 0.3) is 0 Å². The van der Waals surface area contributed by atoms with Gasteiger partial charge in [0.2, 0.25) is 5.91 Å². The van der Waals surface area contributed by atoms with Crippen molar-refractivity contribution in [3.05, 3.63) is 107 Å². The maximum absolute atomic E-state index is 13.1. The first-order chi connectivity index (χ1) is 15.0. The van der Waals surface area contributed by atoms with E-state index in [1.54, 1.807) is 31.4 Å². The van der Waals surface area contributed by atoms with Crippen LogP contribution in [0.2, 0.25) is 0 Å². The van der Waals surface area contributed by atoms with Crippen molar-refractivity contribution in [2.24, 2.45) is 5.73 Å².